The summed E-state index contributed by atoms with van der Waals surface area (Å²) in [5, 5.41) is 22.8. The number of anilines is 2. The van der Waals surface area contributed by atoms with Gasteiger partial charge in [0.15, 0.2) is 0 Å². The monoisotopic (exact) mass is 331 g/mol. The first-order valence-electron chi connectivity index (χ1n) is 5.73. The number of hydrogen-bond acceptors (Lipinski definition) is 4. The van der Waals surface area contributed by atoms with Crippen molar-refractivity contribution in [3.05, 3.63) is 62.1 Å². The van der Waals surface area contributed by atoms with E-state index in [-0.39, 0.29) is 11.3 Å². The van der Waals surface area contributed by atoms with E-state index in [1.165, 1.54) is 12.1 Å². The molecule has 0 atom stereocenters. The number of nitriles is 1. The van der Waals surface area contributed by atoms with E-state index in [4.69, 9.17) is 5.26 Å². The normalized spacial score (nSPS) is 9.85. The van der Waals surface area contributed by atoms with E-state index in [1.807, 2.05) is 31.2 Å². The fourth-order valence-corrected chi connectivity index (χ4v) is 1.99. The molecular weight excluding hydrogens is 322 g/mol. The van der Waals surface area contributed by atoms with Crippen LogP contribution in [-0.2, 0) is 0 Å². The van der Waals surface area contributed by atoms with Gasteiger partial charge in [0.2, 0.25) is 0 Å². The summed E-state index contributed by atoms with van der Waals surface area (Å²) in [6, 6.07) is 11.9. The number of nitro groups is 1. The maximum Gasteiger partial charge on any atom is 0.289 e. The highest BCUT2D eigenvalue weighted by Gasteiger charge is 2.14. The zero-order valence-electron chi connectivity index (χ0n) is 10.6. The lowest BCUT2D eigenvalue weighted by Gasteiger charge is -2.08. The topological polar surface area (TPSA) is 79.0 Å². The summed E-state index contributed by atoms with van der Waals surface area (Å²) >= 11 is 3.41. The molecule has 0 fully saturated rings. The second kappa shape index (κ2) is 5.72. The van der Waals surface area contributed by atoms with Gasteiger partial charge in [-0.15, -0.1) is 0 Å². The Bertz CT molecular complexity index is 723. The van der Waals surface area contributed by atoms with Gasteiger partial charge in [-0.05, 0) is 42.8 Å². The van der Waals surface area contributed by atoms with E-state index < -0.39 is 4.92 Å². The maximum atomic E-state index is 10.9. The third-order valence-electron chi connectivity index (χ3n) is 2.76. The largest absolute Gasteiger partial charge is 0.355 e. The number of rotatable bonds is 3. The molecule has 0 amide bonds. The van der Waals surface area contributed by atoms with Crippen molar-refractivity contribution in [2.24, 2.45) is 0 Å². The molecule has 0 unspecified atom stereocenters. The van der Waals surface area contributed by atoms with Gasteiger partial charge in [-0.25, -0.2) is 0 Å². The Morgan fingerprint density at radius 2 is 1.90 bits per heavy atom. The van der Waals surface area contributed by atoms with E-state index in [2.05, 4.69) is 21.2 Å². The van der Waals surface area contributed by atoms with Gasteiger partial charge in [-0.1, -0.05) is 15.9 Å². The van der Waals surface area contributed by atoms with Gasteiger partial charge >= 0.3 is 0 Å². The molecule has 0 radical (unpaired) electrons. The van der Waals surface area contributed by atoms with Gasteiger partial charge < -0.3 is 5.32 Å². The summed E-state index contributed by atoms with van der Waals surface area (Å²) in [4.78, 5) is 10.3. The Labute approximate surface area is 124 Å². The molecule has 100 valence electrons. The van der Waals surface area contributed by atoms with Crippen LogP contribution in [0.25, 0.3) is 0 Å². The highest BCUT2D eigenvalue weighted by molar-refractivity contribution is 9.10. The number of nitro benzene ring substituents is 1. The van der Waals surface area contributed by atoms with Crippen LogP contribution < -0.4 is 5.32 Å². The molecule has 0 aromatic heterocycles. The zero-order chi connectivity index (χ0) is 14.7. The van der Waals surface area contributed by atoms with Gasteiger partial charge in [0.1, 0.15) is 11.6 Å². The molecule has 2 aromatic rings. The second-order valence-electron chi connectivity index (χ2n) is 4.19. The van der Waals surface area contributed by atoms with Crippen molar-refractivity contribution < 1.29 is 4.92 Å². The smallest absolute Gasteiger partial charge is 0.289 e. The second-order valence-corrected chi connectivity index (χ2v) is 5.04. The molecule has 20 heavy (non-hydrogen) atoms. The summed E-state index contributed by atoms with van der Waals surface area (Å²) in [7, 11) is 0. The highest BCUT2D eigenvalue weighted by atomic mass is 79.9. The van der Waals surface area contributed by atoms with Crippen LogP contribution in [0.15, 0.2) is 40.9 Å². The lowest BCUT2D eigenvalue weighted by atomic mass is 10.1. The van der Waals surface area contributed by atoms with E-state index in [1.54, 1.807) is 6.07 Å². The van der Waals surface area contributed by atoms with Crippen LogP contribution in [0.5, 0.6) is 0 Å². The minimum atomic E-state index is -0.559. The Morgan fingerprint density at radius 3 is 2.50 bits per heavy atom. The molecule has 0 bridgehead atoms. The van der Waals surface area contributed by atoms with Crippen LogP contribution >= 0.6 is 15.9 Å². The van der Waals surface area contributed by atoms with Crippen molar-refractivity contribution >= 4 is 33.0 Å². The molecule has 0 aliphatic heterocycles. The lowest BCUT2D eigenvalue weighted by molar-refractivity contribution is -0.385. The average molecular weight is 332 g/mol. The SMILES string of the molecule is Cc1cc(Nc2ccc(C#N)c([N+](=O)[O-])c2)ccc1Br. The van der Waals surface area contributed by atoms with Crippen molar-refractivity contribution in [2.45, 2.75) is 6.92 Å². The molecule has 0 spiro atoms. The molecule has 0 heterocycles. The molecule has 0 aliphatic rings. The van der Waals surface area contributed by atoms with Gasteiger partial charge in [0, 0.05) is 21.9 Å². The first-order valence-corrected chi connectivity index (χ1v) is 6.52. The summed E-state index contributed by atoms with van der Waals surface area (Å²) in [5.41, 5.74) is 2.29. The van der Waals surface area contributed by atoms with Crippen molar-refractivity contribution in [3.8, 4) is 6.07 Å². The maximum absolute atomic E-state index is 10.9. The number of benzene rings is 2. The van der Waals surface area contributed by atoms with Crippen LogP contribution in [0.3, 0.4) is 0 Å². The van der Waals surface area contributed by atoms with Crippen molar-refractivity contribution in [3.63, 3.8) is 0 Å². The molecule has 0 aliphatic carbocycles. The Hall–Kier alpha value is -2.39. The summed E-state index contributed by atoms with van der Waals surface area (Å²) in [6.45, 7) is 1.95. The first kappa shape index (κ1) is 14.0. The van der Waals surface area contributed by atoms with E-state index in [9.17, 15) is 10.1 Å². The average Bonchev–Trinajstić information content (AvgIpc) is 2.43. The van der Waals surface area contributed by atoms with Gasteiger partial charge in [-0.2, -0.15) is 5.26 Å². The summed E-state index contributed by atoms with van der Waals surface area (Å²) < 4.78 is 0.994. The van der Waals surface area contributed by atoms with Crippen LogP contribution in [-0.4, -0.2) is 4.92 Å². The molecule has 0 saturated heterocycles. The van der Waals surface area contributed by atoms with E-state index >= 15 is 0 Å². The Balaban J connectivity index is 2.34. The van der Waals surface area contributed by atoms with Crippen LogP contribution in [0.2, 0.25) is 0 Å². The predicted molar refractivity (Wildman–Crippen MR) is 80.0 cm³/mol. The zero-order valence-corrected chi connectivity index (χ0v) is 12.1. The summed E-state index contributed by atoms with van der Waals surface area (Å²) in [6.07, 6.45) is 0. The molecule has 5 nitrogen and oxygen atoms in total. The molecule has 1 N–H and O–H groups in total. The highest BCUT2D eigenvalue weighted by Crippen LogP contribution is 2.27. The van der Waals surface area contributed by atoms with Gasteiger partial charge in [-0.3, -0.25) is 10.1 Å². The fraction of sp³-hybridized carbons (Fsp3) is 0.0714. The number of halogens is 1. The van der Waals surface area contributed by atoms with Crippen molar-refractivity contribution in [2.75, 3.05) is 5.32 Å². The molecule has 0 saturated carbocycles. The fourth-order valence-electron chi connectivity index (χ4n) is 1.74. The van der Waals surface area contributed by atoms with Crippen molar-refractivity contribution in [1.29, 1.82) is 5.26 Å². The van der Waals surface area contributed by atoms with Crippen LogP contribution in [0.1, 0.15) is 11.1 Å². The molecule has 6 heteroatoms. The first-order chi connectivity index (χ1) is 9.51. The van der Waals surface area contributed by atoms with Gasteiger partial charge in [0.05, 0.1) is 4.92 Å². The van der Waals surface area contributed by atoms with Crippen LogP contribution in [0, 0.1) is 28.4 Å². The third kappa shape index (κ3) is 2.95. The minimum absolute atomic E-state index is 0.0486. The van der Waals surface area contributed by atoms with E-state index in [0.717, 1.165) is 15.7 Å². The minimum Gasteiger partial charge on any atom is -0.355 e. The molecule has 2 aromatic carbocycles. The number of aryl methyl sites for hydroxylation is 1. The Kier molecular flexibility index (Phi) is 4.01. The van der Waals surface area contributed by atoms with Gasteiger partial charge in [0.25, 0.3) is 5.69 Å². The lowest BCUT2D eigenvalue weighted by Crippen LogP contribution is -1.96. The quantitative estimate of drug-likeness (QED) is 0.672. The number of nitrogens with zero attached hydrogens (tertiary/aromatic N) is 2. The predicted octanol–water partition coefficient (Wildman–Crippen LogP) is 4.28. The van der Waals surface area contributed by atoms with Crippen molar-refractivity contribution in [1.82, 2.24) is 0 Å². The summed E-state index contributed by atoms with van der Waals surface area (Å²) in [5.74, 6) is 0. The third-order valence-corrected chi connectivity index (χ3v) is 3.65. The molecular formula is C14H10BrN3O2. The van der Waals surface area contributed by atoms with Crippen LogP contribution in [0.4, 0.5) is 17.1 Å². The number of hydrogen-bond donors (Lipinski definition) is 1. The number of nitrogens with one attached hydrogen (secondary N) is 1. The Morgan fingerprint density at radius 1 is 1.25 bits per heavy atom. The molecule has 2 rings (SSSR count). The standard InChI is InChI=1S/C14H10BrN3O2/c1-9-6-11(4-5-13(9)15)17-12-3-2-10(8-16)14(7-12)18(19)20/h2-7,17H,1H3. The van der Waals surface area contributed by atoms with E-state index in [0.29, 0.717) is 5.69 Å².